The van der Waals surface area contributed by atoms with Crippen LogP contribution in [0.5, 0.6) is 0 Å². The van der Waals surface area contributed by atoms with Gasteiger partial charge in [-0.15, -0.1) is 0 Å². The molecule has 2 aromatic rings. The van der Waals surface area contributed by atoms with Gasteiger partial charge in [-0.25, -0.2) is 4.79 Å². The Morgan fingerprint density at radius 1 is 1.16 bits per heavy atom. The van der Waals surface area contributed by atoms with Crippen molar-refractivity contribution in [3.05, 3.63) is 58.6 Å². The Morgan fingerprint density at radius 3 is 2.60 bits per heavy atom. The molecule has 0 aliphatic carbocycles. The van der Waals surface area contributed by atoms with Crippen molar-refractivity contribution in [2.45, 2.75) is 6.92 Å². The molecule has 3 rings (SSSR count). The van der Waals surface area contributed by atoms with Gasteiger partial charge in [-0.05, 0) is 42.8 Å². The summed E-state index contributed by atoms with van der Waals surface area (Å²) < 4.78 is 0. The quantitative estimate of drug-likeness (QED) is 0.890. The Labute approximate surface area is 152 Å². The molecule has 128 valence electrons. The van der Waals surface area contributed by atoms with Gasteiger partial charge in [0.05, 0.1) is 11.6 Å². The number of nitriles is 1. The molecule has 0 saturated carbocycles. The number of urea groups is 1. The lowest BCUT2D eigenvalue weighted by molar-refractivity contribution is 0.208. The second-order valence-corrected chi connectivity index (χ2v) is 6.39. The van der Waals surface area contributed by atoms with Gasteiger partial charge in [-0.1, -0.05) is 23.7 Å². The lowest BCUT2D eigenvalue weighted by atomic mass is 10.1. The van der Waals surface area contributed by atoms with E-state index in [1.165, 1.54) is 0 Å². The fourth-order valence-corrected chi connectivity index (χ4v) is 3.13. The molecule has 0 atom stereocenters. The lowest BCUT2D eigenvalue weighted by Gasteiger charge is -2.36. The monoisotopic (exact) mass is 354 g/mol. The van der Waals surface area contributed by atoms with Crippen LogP contribution < -0.4 is 10.2 Å². The Bertz CT molecular complexity index is 822. The molecule has 1 N–H and O–H groups in total. The highest BCUT2D eigenvalue weighted by molar-refractivity contribution is 6.31. The average molecular weight is 355 g/mol. The van der Waals surface area contributed by atoms with Crippen LogP contribution in [0.4, 0.5) is 16.2 Å². The first-order valence-electron chi connectivity index (χ1n) is 8.14. The number of carbonyl (C=O) groups is 1. The third-order valence-electron chi connectivity index (χ3n) is 4.39. The number of benzene rings is 2. The van der Waals surface area contributed by atoms with Crippen LogP contribution in [0.3, 0.4) is 0 Å². The molecule has 2 amide bonds. The first-order chi connectivity index (χ1) is 12.1. The summed E-state index contributed by atoms with van der Waals surface area (Å²) >= 11 is 6.20. The molecule has 0 unspecified atom stereocenters. The lowest BCUT2D eigenvalue weighted by Crippen LogP contribution is -2.50. The first kappa shape index (κ1) is 17.1. The average Bonchev–Trinajstić information content (AvgIpc) is 2.64. The molecule has 1 heterocycles. The second kappa shape index (κ2) is 7.45. The van der Waals surface area contributed by atoms with Gasteiger partial charge in [0.2, 0.25) is 0 Å². The van der Waals surface area contributed by atoms with Crippen molar-refractivity contribution in [2.24, 2.45) is 0 Å². The molecule has 0 aromatic heterocycles. The molecule has 5 nitrogen and oxygen atoms in total. The standard InChI is InChI=1S/C19H19ClN4O/c1-14-17(20)6-3-7-18(14)23-8-10-24(11-9-23)19(25)22-16-5-2-4-15(12-16)13-21/h2-7,12H,8-11H2,1H3,(H,22,25). The predicted molar refractivity (Wildman–Crippen MR) is 100 cm³/mol. The van der Waals surface area contributed by atoms with Crippen LogP contribution in [0.15, 0.2) is 42.5 Å². The van der Waals surface area contributed by atoms with E-state index in [9.17, 15) is 4.79 Å². The van der Waals surface area contributed by atoms with Crippen molar-refractivity contribution < 1.29 is 4.79 Å². The number of carbonyl (C=O) groups excluding carboxylic acids is 1. The maximum Gasteiger partial charge on any atom is 0.321 e. The zero-order valence-corrected chi connectivity index (χ0v) is 14.8. The summed E-state index contributed by atoms with van der Waals surface area (Å²) in [4.78, 5) is 16.5. The molecular formula is C19H19ClN4O. The van der Waals surface area contributed by atoms with Gasteiger partial charge >= 0.3 is 6.03 Å². The molecular weight excluding hydrogens is 336 g/mol. The van der Waals surface area contributed by atoms with E-state index in [1.807, 2.05) is 19.1 Å². The number of piperazine rings is 1. The molecule has 1 aliphatic heterocycles. The largest absolute Gasteiger partial charge is 0.368 e. The van der Waals surface area contributed by atoms with Crippen molar-refractivity contribution in [1.29, 1.82) is 5.26 Å². The molecule has 0 bridgehead atoms. The maximum atomic E-state index is 12.4. The van der Waals surface area contributed by atoms with Gasteiger partial charge in [-0.3, -0.25) is 0 Å². The second-order valence-electron chi connectivity index (χ2n) is 5.98. The smallest absolute Gasteiger partial charge is 0.321 e. The fraction of sp³-hybridized carbons (Fsp3) is 0.263. The SMILES string of the molecule is Cc1c(Cl)cccc1N1CCN(C(=O)Nc2cccc(C#N)c2)CC1. The van der Waals surface area contributed by atoms with E-state index in [2.05, 4.69) is 22.4 Å². The minimum atomic E-state index is -0.141. The number of hydrogen-bond donors (Lipinski definition) is 1. The van der Waals surface area contributed by atoms with E-state index in [1.54, 1.807) is 29.2 Å². The summed E-state index contributed by atoms with van der Waals surface area (Å²) in [5, 5.41) is 12.6. The molecule has 1 fully saturated rings. The van der Waals surface area contributed by atoms with Crippen LogP contribution in [-0.4, -0.2) is 37.1 Å². The van der Waals surface area contributed by atoms with Gasteiger partial charge in [-0.2, -0.15) is 5.26 Å². The zero-order valence-electron chi connectivity index (χ0n) is 14.0. The molecule has 6 heteroatoms. The summed E-state index contributed by atoms with van der Waals surface area (Å²) in [5.74, 6) is 0. The Hall–Kier alpha value is -2.71. The van der Waals surface area contributed by atoms with Crippen LogP contribution in [0.1, 0.15) is 11.1 Å². The van der Waals surface area contributed by atoms with Gasteiger partial charge in [0.15, 0.2) is 0 Å². The Kier molecular flexibility index (Phi) is 5.11. The van der Waals surface area contributed by atoms with Crippen molar-refractivity contribution >= 4 is 29.0 Å². The molecule has 1 aliphatic rings. The fourth-order valence-electron chi connectivity index (χ4n) is 2.96. The molecule has 2 aromatic carbocycles. The summed E-state index contributed by atoms with van der Waals surface area (Å²) in [7, 11) is 0. The van der Waals surface area contributed by atoms with Gasteiger partial charge in [0, 0.05) is 42.6 Å². The maximum absolute atomic E-state index is 12.4. The molecule has 0 spiro atoms. The van der Waals surface area contributed by atoms with E-state index in [-0.39, 0.29) is 6.03 Å². The summed E-state index contributed by atoms with van der Waals surface area (Å²) in [6.45, 7) is 4.80. The Morgan fingerprint density at radius 2 is 1.88 bits per heavy atom. The summed E-state index contributed by atoms with van der Waals surface area (Å²) in [6, 6.07) is 14.7. The minimum Gasteiger partial charge on any atom is -0.368 e. The number of nitrogens with zero attached hydrogens (tertiary/aromatic N) is 3. The number of anilines is 2. The highest BCUT2D eigenvalue weighted by Crippen LogP contribution is 2.27. The van der Waals surface area contributed by atoms with Crippen molar-refractivity contribution in [3.8, 4) is 6.07 Å². The highest BCUT2D eigenvalue weighted by Gasteiger charge is 2.22. The van der Waals surface area contributed by atoms with Crippen LogP contribution >= 0.6 is 11.6 Å². The number of hydrogen-bond acceptors (Lipinski definition) is 3. The Balaban J connectivity index is 1.61. The van der Waals surface area contributed by atoms with E-state index in [4.69, 9.17) is 16.9 Å². The van der Waals surface area contributed by atoms with Crippen molar-refractivity contribution in [2.75, 3.05) is 36.4 Å². The minimum absolute atomic E-state index is 0.141. The van der Waals surface area contributed by atoms with Gasteiger partial charge in [0.1, 0.15) is 0 Å². The van der Waals surface area contributed by atoms with E-state index in [0.29, 0.717) is 24.3 Å². The third-order valence-corrected chi connectivity index (χ3v) is 4.80. The van der Waals surface area contributed by atoms with Crippen LogP contribution in [0, 0.1) is 18.3 Å². The van der Waals surface area contributed by atoms with E-state index < -0.39 is 0 Å². The van der Waals surface area contributed by atoms with E-state index >= 15 is 0 Å². The number of nitrogens with one attached hydrogen (secondary N) is 1. The molecule has 1 saturated heterocycles. The molecule has 0 radical (unpaired) electrons. The number of rotatable bonds is 2. The zero-order chi connectivity index (χ0) is 17.8. The number of amides is 2. The number of halogens is 1. The van der Waals surface area contributed by atoms with E-state index in [0.717, 1.165) is 29.4 Å². The van der Waals surface area contributed by atoms with Crippen molar-refractivity contribution in [3.63, 3.8) is 0 Å². The normalized spacial score (nSPS) is 14.1. The van der Waals surface area contributed by atoms with Crippen LogP contribution in [0.25, 0.3) is 0 Å². The van der Waals surface area contributed by atoms with Gasteiger partial charge < -0.3 is 15.1 Å². The van der Waals surface area contributed by atoms with Crippen LogP contribution in [-0.2, 0) is 0 Å². The summed E-state index contributed by atoms with van der Waals surface area (Å²) in [5.41, 5.74) is 3.35. The topological polar surface area (TPSA) is 59.4 Å². The summed E-state index contributed by atoms with van der Waals surface area (Å²) in [6.07, 6.45) is 0. The molecule has 25 heavy (non-hydrogen) atoms. The highest BCUT2D eigenvalue weighted by atomic mass is 35.5. The first-order valence-corrected chi connectivity index (χ1v) is 8.52. The van der Waals surface area contributed by atoms with Gasteiger partial charge in [0.25, 0.3) is 0 Å². The predicted octanol–water partition coefficient (Wildman–Crippen LogP) is 3.87. The third kappa shape index (κ3) is 3.86. The van der Waals surface area contributed by atoms with Crippen molar-refractivity contribution in [1.82, 2.24) is 4.90 Å². The van der Waals surface area contributed by atoms with Crippen LogP contribution in [0.2, 0.25) is 5.02 Å².